The summed E-state index contributed by atoms with van der Waals surface area (Å²) < 4.78 is 0. The number of rotatable bonds is 5. The van der Waals surface area contributed by atoms with Gasteiger partial charge in [-0.3, -0.25) is 4.79 Å². The highest BCUT2D eigenvalue weighted by atomic mass is 16.2. The number of nitrogens with one attached hydrogen (secondary N) is 2. The number of carbonyl (C=O) groups excluding carboxylic acids is 1. The summed E-state index contributed by atoms with van der Waals surface area (Å²) >= 11 is 0. The lowest BCUT2D eigenvalue weighted by Gasteiger charge is -2.27. The number of amides is 1. The average molecular weight is 238 g/mol. The molecule has 0 radical (unpaired) electrons. The van der Waals surface area contributed by atoms with Crippen molar-refractivity contribution in [1.82, 2.24) is 10.6 Å². The summed E-state index contributed by atoms with van der Waals surface area (Å²) in [6.45, 7) is 4.89. The Morgan fingerprint density at radius 3 is 2.35 bits per heavy atom. The summed E-state index contributed by atoms with van der Waals surface area (Å²) in [4.78, 5) is 11.8. The highest BCUT2D eigenvalue weighted by molar-refractivity contribution is 5.78. The van der Waals surface area contributed by atoms with Crippen molar-refractivity contribution in [2.75, 3.05) is 6.54 Å². The van der Waals surface area contributed by atoms with Gasteiger partial charge in [-0.15, -0.1) is 0 Å². The van der Waals surface area contributed by atoms with Crippen LogP contribution in [0.4, 0.5) is 0 Å². The molecular formula is C14H26N2O. The Hall–Kier alpha value is -0.570. The Bertz CT molecular complexity index is 265. The monoisotopic (exact) mass is 238 g/mol. The van der Waals surface area contributed by atoms with Crippen LogP contribution in [-0.4, -0.2) is 24.0 Å². The highest BCUT2D eigenvalue weighted by Crippen LogP contribution is 2.38. The van der Waals surface area contributed by atoms with Crippen molar-refractivity contribution in [2.45, 2.75) is 70.4 Å². The second kappa shape index (κ2) is 5.38. The van der Waals surface area contributed by atoms with Gasteiger partial charge in [0.2, 0.25) is 5.91 Å². The first-order valence-electron chi connectivity index (χ1n) is 7.12. The predicted molar refractivity (Wildman–Crippen MR) is 69.8 cm³/mol. The van der Waals surface area contributed by atoms with E-state index in [2.05, 4.69) is 24.5 Å². The zero-order valence-electron chi connectivity index (χ0n) is 11.2. The fraction of sp³-hybridized carbons (Fsp3) is 0.929. The third-order valence-electron chi connectivity index (χ3n) is 4.27. The summed E-state index contributed by atoms with van der Waals surface area (Å²) in [6, 6.07) is 0.432. The fourth-order valence-corrected chi connectivity index (χ4v) is 2.78. The van der Waals surface area contributed by atoms with Gasteiger partial charge < -0.3 is 10.6 Å². The van der Waals surface area contributed by atoms with E-state index in [-0.39, 0.29) is 11.4 Å². The summed E-state index contributed by atoms with van der Waals surface area (Å²) in [5.41, 5.74) is 0.129. The standard InChI is InChI=1S/C14H26N2O/c1-14(2,11-8-9-11)15-10-13(17)16-12-6-4-3-5-7-12/h11-12,15H,3-10H2,1-2H3,(H,16,17). The molecule has 0 aliphatic heterocycles. The molecule has 0 saturated heterocycles. The van der Waals surface area contributed by atoms with Gasteiger partial charge in [0.15, 0.2) is 0 Å². The number of carbonyl (C=O) groups is 1. The molecule has 0 aromatic carbocycles. The van der Waals surface area contributed by atoms with E-state index >= 15 is 0 Å². The molecule has 0 bridgehead atoms. The van der Waals surface area contributed by atoms with E-state index in [9.17, 15) is 4.79 Å². The average Bonchev–Trinajstić information content (AvgIpc) is 3.12. The minimum Gasteiger partial charge on any atom is -0.352 e. The van der Waals surface area contributed by atoms with Crippen LogP contribution in [0.2, 0.25) is 0 Å². The molecular weight excluding hydrogens is 212 g/mol. The van der Waals surface area contributed by atoms with Crippen molar-refractivity contribution in [1.29, 1.82) is 0 Å². The van der Waals surface area contributed by atoms with Crippen LogP contribution in [0.5, 0.6) is 0 Å². The molecule has 2 N–H and O–H groups in total. The summed E-state index contributed by atoms with van der Waals surface area (Å²) in [5, 5.41) is 6.55. The van der Waals surface area contributed by atoms with Gasteiger partial charge >= 0.3 is 0 Å². The van der Waals surface area contributed by atoms with Crippen LogP contribution in [-0.2, 0) is 4.79 Å². The molecule has 0 heterocycles. The molecule has 3 heteroatoms. The Morgan fingerprint density at radius 2 is 1.76 bits per heavy atom. The molecule has 2 saturated carbocycles. The molecule has 2 aliphatic rings. The van der Waals surface area contributed by atoms with E-state index in [1.807, 2.05) is 0 Å². The Kier molecular flexibility index (Phi) is 4.08. The van der Waals surface area contributed by atoms with E-state index in [0.29, 0.717) is 12.6 Å². The third kappa shape index (κ3) is 3.98. The van der Waals surface area contributed by atoms with Crippen LogP contribution in [0.1, 0.15) is 58.8 Å². The molecule has 98 valence electrons. The summed E-state index contributed by atoms with van der Waals surface area (Å²) in [7, 11) is 0. The zero-order chi connectivity index (χ0) is 12.3. The van der Waals surface area contributed by atoms with Crippen LogP contribution >= 0.6 is 0 Å². The highest BCUT2D eigenvalue weighted by Gasteiger charge is 2.37. The van der Waals surface area contributed by atoms with E-state index < -0.39 is 0 Å². The van der Waals surface area contributed by atoms with Gasteiger partial charge in [0.1, 0.15) is 0 Å². The lowest BCUT2D eigenvalue weighted by atomic mass is 9.95. The van der Waals surface area contributed by atoms with Gasteiger partial charge in [0.25, 0.3) is 0 Å². The van der Waals surface area contributed by atoms with Gasteiger partial charge in [-0.1, -0.05) is 19.3 Å². The molecule has 0 atom stereocenters. The summed E-state index contributed by atoms with van der Waals surface area (Å²) in [6.07, 6.45) is 8.82. The van der Waals surface area contributed by atoms with E-state index in [1.165, 1.54) is 32.1 Å². The van der Waals surface area contributed by atoms with Crippen LogP contribution in [0.3, 0.4) is 0 Å². The van der Waals surface area contributed by atoms with Gasteiger partial charge in [-0.2, -0.15) is 0 Å². The van der Waals surface area contributed by atoms with Crippen LogP contribution < -0.4 is 10.6 Å². The van der Waals surface area contributed by atoms with Crippen molar-refractivity contribution >= 4 is 5.91 Å². The first-order chi connectivity index (χ1) is 8.08. The molecule has 2 fully saturated rings. The molecule has 0 aromatic heterocycles. The van der Waals surface area contributed by atoms with Gasteiger partial charge in [0, 0.05) is 11.6 Å². The van der Waals surface area contributed by atoms with E-state index in [1.54, 1.807) is 0 Å². The topological polar surface area (TPSA) is 41.1 Å². The Labute approximate surface area is 105 Å². The maximum atomic E-state index is 11.8. The molecule has 2 aliphatic carbocycles. The lowest BCUT2D eigenvalue weighted by Crippen LogP contribution is -2.48. The Balaban J connectivity index is 1.66. The first-order valence-corrected chi connectivity index (χ1v) is 7.12. The molecule has 17 heavy (non-hydrogen) atoms. The van der Waals surface area contributed by atoms with Crippen molar-refractivity contribution in [3.05, 3.63) is 0 Å². The summed E-state index contributed by atoms with van der Waals surface area (Å²) in [5.74, 6) is 0.940. The maximum Gasteiger partial charge on any atom is 0.234 e. The minimum atomic E-state index is 0.129. The number of hydrogen-bond donors (Lipinski definition) is 2. The van der Waals surface area contributed by atoms with Gasteiger partial charge in [-0.05, 0) is 45.4 Å². The maximum absolute atomic E-state index is 11.8. The lowest BCUT2D eigenvalue weighted by molar-refractivity contribution is -0.121. The van der Waals surface area contributed by atoms with Crippen molar-refractivity contribution in [3.8, 4) is 0 Å². The largest absolute Gasteiger partial charge is 0.352 e. The Morgan fingerprint density at radius 1 is 1.12 bits per heavy atom. The second-order valence-electron chi connectivity index (χ2n) is 6.25. The first kappa shape index (κ1) is 12.9. The van der Waals surface area contributed by atoms with Crippen LogP contribution in [0.25, 0.3) is 0 Å². The molecule has 0 aromatic rings. The van der Waals surface area contributed by atoms with E-state index in [0.717, 1.165) is 18.8 Å². The van der Waals surface area contributed by atoms with Gasteiger partial charge in [0.05, 0.1) is 6.54 Å². The third-order valence-corrected chi connectivity index (χ3v) is 4.27. The van der Waals surface area contributed by atoms with Gasteiger partial charge in [-0.25, -0.2) is 0 Å². The molecule has 3 nitrogen and oxygen atoms in total. The fourth-order valence-electron chi connectivity index (χ4n) is 2.78. The van der Waals surface area contributed by atoms with Crippen molar-refractivity contribution < 1.29 is 4.79 Å². The predicted octanol–water partition coefficient (Wildman–Crippen LogP) is 2.21. The minimum absolute atomic E-state index is 0.129. The zero-order valence-corrected chi connectivity index (χ0v) is 11.2. The molecule has 2 rings (SSSR count). The molecule has 1 amide bonds. The normalized spacial score (nSPS) is 22.5. The van der Waals surface area contributed by atoms with Crippen molar-refractivity contribution in [2.24, 2.45) is 5.92 Å². The molecule has 0 spiro atoms. The smallest absolute Gasteiger partial charge is 0.234 e. The number of hydrogen-bond acceptors (Lipinski definition) is 2. The quantitative estimate of drug-likeness (QED) is 0.771. The van der Waals surface area contributed by atoms with E-state index in [4.69, 9.17) is 0 Å². The van der Waals surface area contributed by atoms with Crippen LogP contribution in [0, 0.1) is 5.92 Å². The SMILES string of the molecule is CC(C)(NCC(=O)NC1CCCCC1)C1CC1. The van der Waals surface area contributed by atoms with Crippen LogP contribution in [0.15, 0.2) is 0 Å². The second-order valence-corrected chi connectivity index (χ2v) is 6.25. The molecule has 0 unspecified atom stereocenters. The van der Waals surface area contributed by atoms with Crippen molar-refractivity contribution in [3.63, 3.8) is 0 Å².